The fourth-order valence-corrected chi connectivity index (χ4v) is 5.35. The molecule has 196 valence electrons. The molecule has 2 aromatic carbocycles. The molecule has 0 radical (unpaired) electrons. The first kappa shape index (κ1) is 26.7. The summed E-state index contributed by atoms with van der Waals surface area (Å²) in [6.45, 7) is 5.51. The molecule has 1 fully saturated rings. The average molecular weight is 500 g/mol. The van der Waals surface area contributed by atoms with Gasteiger partial charge in [-0.25, -0.2) is 0 Å². The first-order valence-electron chi connectivity index (χ1n) is 13.8. The molecule has 1 aliphatic carbocycles. The van der Waals surface area contributed by atoms with E-state index in [1.54, 1.807) is 4.90 Å². The van der Waals surface area contributed by atoms with Crippen molar-refractivity contribution in [1.29, 1.82) is 0 Å². The summed E-state index contributed by atoms with van der Waals surface area (Å²) in [4.78, 5) is 30.9. The fourth-order valence-electron chi connectivity index (χ4n) is 5.35. The molecule has 0 unspecified atom stereocenters. The third kappa shape index (κ3) is 7.58. The van der Waals surface area contributed by atoms with Gasteiger partial charge in [0.25, 0.3) is 0 Å². The highest BCUT2D eigenvalue weighted by molar-refractivity contribution is 5.85. The molecule has 5 heteroatoms. The van der Waals surface area contributed by atoms with Crippen LogP contribution in [-0.2, 0) is 29.1 Å². The van der Waals surface area contributed by atoms with Crippen LogP contribution in [0.25, 0.3) is 0 Å². The summed E-state index contributed by atoms with van der Waals surface area (Å²) in [5.41, 5.74) is 3.52. The fraction of sp³-hybridized carbons (Fsp3) is 0.438. The topological polar surface area (TPSA) is 45.6 Å². The van der Waals surface area contributed by atoms with Crippen LogP contribution in [0, 0.1) is 0 Å². The highest BCUT2D eigenvalue weighted by Crippen LogP contribution is 2.25. The zero-order chi connectivity index (χ0) is 26.0. The van der Waals surface area contributed by atoms with Gasteiger partial charge in [0.15, 0.2) is 0 Å². The van der Waals surface area contributed by atoms with Gasteiger partial charge in [0, 0.05) is 36.9 Å². The summed E-state index contributed by atoms with van der Waals surface area (Å²) >= 11 is 0. The molecule has 5 nitrogen and oxygen atoms in total. The van der Waals surface area contributed by atoms with E-state index in [0.29, 0.717) is 19.4 Å². The number of hydrogen-bond acceptors (Lipinski definition) is 2. The number of rotatable bonds is 11. The van der Waals surface area contributed by atoms with Gasteiger partial charge < -0.3 is 14.4 Å². The van der Waals surface area contributed by atoms with E-state index in [1.807, 2.05) is 50.2 Å². The number of hydrogen-bond donors (Lipinski definition) is 0. The van der Waals surface area contributed by atoms with Crippen LogP contribution < -0.4 is 0 Å². The van der Waals surface area contributed by atoms with E-state index in [4.69, 9.17) is 0 Å². The van der Waals surface area contributed by atoms with Gasteiger partial charge in [0.2, 0.25) is 11.8 Å². The summed E-state index contributed by atoms with van der Waals surface area (Å²) in [5, 5.41) is 0. The van der Waals surface area contributed by atoms with Crippen molar-refractivity contribution in [2.24, 2.45) is 0 Å². The van der Waals surface area contributed by atoms with Gasteiger partial charge in [0.05, 0.1) is 13.1 Å². The highest BCUT2D eigenvalue weighted by atomic mass is 16.2. The zero-order valence-electron chi connectivity index (χ0n) is 22.4. The molecule has 0 saturated heterocycles. The molecule has 0 atom stereocenters. The number of carbonyl (C=O) groups is 2. The maximum absolute atomic E-state index is 13.9. The molecule has 1 saturated carbocycles. The van der Waals surface area contributed by atoms with Crippen LogP contribution >= 0.6 is 0 Å². The van der Waals surface area contributed by atoms with Crippen molar-refractivity contribution in [2.75, 3.05) is 6.54 Å². The first-order chi connectivity index (χ1) is 18.0. The molecule has 2 amide bonds. The van der Waals surface area contributed by atoms with Gasteiger partial charge in [-0.3, -0.25) is 9.59 Å². The number of carbonyl (C=O) groups excluding carboxylic acids is 2. The second-order valence-corrected chi connectivity index (χ2v) is 10.5. The van der Waals surface area contributed by atoms with E-state index in [0.717, 1.165) is 43.5 Å². The monoisotopic (exact) mass is 499 g/mol. The minimum atomic E-state index is -0.0256. The Balaban J connectivity index is 1.47. The van der Waals surface area contributed by atoms with Gasteiger partial charge in [-0.2, -0.15) is 0 Å². The van der Waals surface area contributed by atoms with Crippen LogP contribution in [0.5, 0.6) is 0 Å². The van der Waals surface area contributed by atoms with Crippen LogP contribution in [0.4, 0.5) is 0 Å². The first-order valence-corrected chi connectivity index (χ1v) is 13.8. The largest absolute Gasteiger partial charge is 0.345 e. The van der Waals surface area contributed by atoms with Crippen LogP contribution in [0.2, 0.25) is 0 Å². The molecule has 0 N–H and O–H groups in total. The molecular formula is C32H41N3O2. The molecule has 4 rings (SSSR count). The van der Waals surface area contributed by atoms with Crippen molar-refractivity contribution in [3.05, 3.63) is 95.8 Å². The smallest absolute Gasteiger partial charge is 0.242 e. The molecule has 1 aromatic heterocycles. The SMILES string of the molecule is CC(C)N(CC(=O)N(Cc1cccn1Cc1ccccc1)C1CCCCC1)C(=O)CCc1ccccc1. The quantitative estimate of drug-likeness (QED) is 0.322. The Morgan fingerprint density at radius 2 is 1.49 bits per heavy atom. The Kier molecular flexibility index (Phi) is 9.58. The van der Waals surface area contributed by atoms with E-state index in [1.165, 1.54) is 12.0 Å². The van der Waals surface area contributed by atoms with E-state index < -0.39 is 0 Å². The maximum atomic E-state index is 13.9. The molecule has 3 aromatic rings. The van der Waals surface area contributed by atoms with Crippen LogP contribution in [0.1, 0.15) is 69.2 Å². The zero-order valence-corrected chi connectivity index (χ0v) is 22.4. The van der Waals surface area contributed by atoms with Gasteiger partial charge in [-0.1, -0.05) is 79.9 Å². The molecule has 0 aliphatic heterocycles. The third-order valence-corrected chi connectivity index (χ3v) is 7.51. The van der Waals surface area contributed by atoms with E-state index in [-0.39, 0.29) is 30.4 Å². The van der Waals surface area contributed by atoms with Crippen molar-refractivity contribution >= 4 is 11.8 Å². The van der Waals surface area contributed by atoms with Gasteiger partial charge in [-0.15, -0.1) is 0 Å². The lowest BCUT2D eigenvalue weighted by Gasteiger charge is -2.37. The summed E-state index contributed by atoms with van der Waals surface area (Å²) in [6.07, 6.45) is 8.82. The lowest BCUT2D eigenvalue weighted by atomic mass is 9.94. The van der Waals surface area contributed by atoms with E-state index in [9.17, 15) is 9.59 Å². The normalized spacial score (nSPS) is 14.0. The van der Waals surface area contributed by atoms with Crippen LogP contribution in [0.3, 0.4) is 0 Å². The minimum absolute atomic E-state index is 0.0256. The predicted octanol–water partition coefficient (Wildman–Crippen LogP) is 6.07. The van der Waals surface area contributed by atoms with Crippen molar-refractivity contribution in [2.45, 2.75) is 84.0 Å². The predicted molar refractivity (Wildman–Crippen MR) is 149 cm³/mol. The van der Waals surface area contributed by atoms with Crippen molar-refractivity contribution < 1.29 is 9.59 Å². The Hall–Kier alpha value is -3.34. The summed E-state index contributed by atoms with van der Waals surface area (Å²) in [7, 11) is 0. The average Bonchev–Trinajstić information content (AvgIpc) is 3.36. The molecule has 1 heterocycles. The number of benzene rings is 2. The van der Waals surface area contributed by atoms with E-state index in [2.05, 4.69) is 52.1 Å². The second kappa shape index (κ2) is 13.3. The Morgan fingerprint density at radius 3 is 2.14 bits per heavy atom. The van der Waals surface area contributed by atoms with Gasteiger partial charge in [-0.05, 0) is 56.4 Å². The van der Waals surface area contributed by atoms with Crippen LogP contribution in [0.15, 0.2) is 79.0 Å². The summed E-state index contributed by atoms with van der Waals surface area (Å²) in [6, 6.07) is 24.9. The van der Waals surface area contributed by atoms with Gasteiger partial charge in [0.1, 0.15) is 0 Å². The van der Waals surface area contributed by atoms with Crippen molar-refractivity contribution in [3.8, 4) is 0 Å². The minimum Gasteiger partial charge on any atom is -0.345 e. The lowest BCUT2D eigenvalue weighted by Crippen LogP contribution is -2.49. The lowest BCUT2D eigenvalue weighted by molar-refractivity contribution is -0.144. The van der Waals surface area contributed by atoms with Crippen molar-refractivity contribution in [3.63, 3.8) is 0 Å². The molecule has 0 bridgehead atoms. The van der Waals surface area contributed by atoms with Crippen LogP contribution in [-0.4, -0.2) is 44.8 Å². The standard InChI is InChI=1S/C32H41N3O2/c1-26(2)34(31(36)21-20-27-13-6-3-7-14-27)25-32(37)35(29-17-10-5-11-18-29)24-30-19-12-22-33(30)23-28-15-8-4-9-16-28/h3-4,6-9,12-16,19,22,26,29H,5,10-11,17-18,20-21,23-25H2,1-2H3. The number of aromatic nitrogens is 1. The molecular weight excluding hydrogens is 458 g/mol. The summed E-state index contributed by atoms with van der Waals surface area (Å²) < 4.78 is 2.24. The number of aryl methyl sites for hydroxylation is 1. The Labute approximate surface area is 222 Å². The molecule has 1 aliphatic rings. The van der Waals surface area contributed by atoms with E-state index >= 15 is 0 Å². The Morgan fingerprint density at radius 1 is 0.838 bits per heavy atom. The molecule has 0 spiro atoms. The van der Waals surface area contributed by atoms with Crippen molar-refractivity contribution in [1.82, 2.24) is 14.4 Å². The maximum Gasteiger partial charge on any atom is 0.242 e. The second-order valence-electron chi connectivity index (χ2n) is 10.5. The highest BCUT2D eigenvalue weighted by Gasteiger charge is 2.29. The molecule has 37 heavy (non-hydrogen) atoms. The Bertz CT molecular complexity index is 1120. The van der Waals surface area contributed by atoms with Gasteiger partial charge >= 0.3 is 0 Å². The number of amides is 2. The number of nitrogens with zero attached hydrogens (tertiary/aromatic N) is 3. The third-order valence-electron chi connectivity index (χ3n) is 7.51. The summed E-state index contributed by atoms with van der Waals surface area (Å²) in [5.74, 6) is 0.101.